The van der Waals surface area contributed by atoms with E-state index in [1.165, 1.54) is 56.2 Å². The molecule has 462 valence electrons. The maximum absolute atomic E-state index is 13.6. The van der Waals surface area contributed by atoms with Gasteiger partial charge in [-0.1, -0.05) is 0 Å². The quantitative estimate of drug-likeness (QED) is 0.0254. The van der Waals surface area contributed by atoms with Gasteiger partial charge in [0.25, 0.3) is 23.6 Å². The summed E-state index contributed by atoms with van der Waals surface area (Å²) in [6.45, 7) is 0.689. The second-order valence-corrected chi connectivity index (χ2v) is 22.0. The first kappa shape index (κ1) is 63.7. The van der Waals surface area contributed by atoms with Gasteiger partial charge in [-0.3, -0.25) is 47.9 Å². The Bertz CT molecular complexity index is 4020. The minimum Gasteiger partial charge on any atom is -0.504 e. The lowest BCUT2D eigenvalue weighted by molar-refractivity contribution is -0.119. The monoisotopic (exact) mass is 1200 g/mol. The molecule has 7 N–H and O–H groups in total. The number of imidazole rings is 3. The van der Waals surface area contributed by atoms with Crippen LogP contribution < -0.4 is 27.0 Å². The van der Waals surface area contributed by atoms with E-state index in [4.69, 9.17) is 5.73 Å². The van der Waals surface area contributed by atoms with E-state index in [0.29, 0.717) is 71.7 Å². The summed E-state index contributed by atoms with van der Waals surface area (Å²) in [7, 11) is 13.1. The minimum absolute atomic E-state index is 0.00113. The predicted octanol–water partition coefficient (Wildman–Crippen LogP) is 4.69. The molecule has 0 aliphatic carbocycles. The van der Waals surface area contributed by atoms with Crippen molar-refractivity contribution >= 4 is 75.5 Å². The molecule has 0 saturated carbocycles. The van der Waals surface area contributed by atoms with E-state index in [-0.39, 0.29) is 126 Å². The highest BCUT2D eigenvalue weighted by Gasteiger charge is 2.27. The molecule has 8 aromatic rings. The van der Waals surface area contributed by atoms with Crippen LogP contribution in [0.15, 0.2) is 80.0 Å². The van der Waals surface area contributed by atoms with Crippen LogP contribution in [0.5, 0.6) is 5.75 Å². The van der Waals surface area contributed by atoms with Crippen LogP contribution in [0.2, 0.25) is 0 Å². The topological polar surface area (TPSA) is 343 Å². The summed E-state index contributed by atoms with van der Waals surface area (Å²) in [5.74, 6) is -3.65. The van der Waals surface area contributed by atoms with Crippen molar-refractivity contribution in [2.75, 3.05) is 29.0 Å². The van der Waals surface area contributed by atoms with Crippen molar-refractivity contribution in [2.45, 2.75) is 77.0 Å². The highest BCUT2D eigenvalue weighted by Crippen LogP contribution is 2.31. The molecule has 88 heavy (non-hydrogen) atoms. The van der Waals surface area contributed by atoms with E-state index in [9.17, 15) is 53.1 Å². The molecule has 0 radical (unpaired) electrons. The highest BCUT2D eigenvalue weighted by molar-refractivity contribution is 6.10. The van der Waals surface area contributed by atoms with Crippen LogP contribution in [0, 0.1) is 0 Å². The zero-order valence-corrected chi connectivity index (χ0v) is 50.4. The van der Waals surface area contributed by atoms with Crippen molar-refractivity contribution in [2.24, 2.45) is 62.1 Å². The Morgan fingerprint density at radius 3 is 1.65 bits per heavy atom. The Kier molecular flexibility index (Phi) is 20.1. The molecule has 0 aliphatic rings. The number of hydrogen-bond acceptors (Lipinski definition) is 15. The lowest BCUT2D eigenvalue weighted by atomic mass is 10.0. The molecule has 8 rings (SSSR count). The van der Waals surface area contributed by atoms with Crippen molar-refractivity contribution in [3.8, 4) is 5.75 Å². The predicted molar refractivity (Wildman–Crippen MR) is 323 cm³/mol. The Labute approximate surface area is 505 Å². The molecule has 8 aromatic heterocycles. The first-order valence-corrected chi connectivity index (χ1v) is 28.5. The lowest BCUT2D eigenvalue weighted by Crippen LogP contribution is -2.26. The Morgan fingerprint density at radius 1 is 0.466 bits per heavy atom. The molecule has 0 atom stereocenters. The molecule has 0 bridgehead atoms. The zero-order valence-electron chi connectivity index (χ0n) is 50.4. The number of rotatable bonds is 31. The van der Waals surface area contributed by atoms with Gasteiger partial charge in [0.2, 0.25) is 11.6 Å². The number of nitrogens with two attached hydrogens (primary N) is 1. The minimum atomic E-state index is -0.745. The molecule has 0 fully saturated rings. The van der Waals surface area contributed by atoms with Crippen LogP contribution in [-0.2, 0) is 91.7 Å². The second kappa shape index (κ2) is 27.8. The molecule has 4 amide bonds. The third-order valence-corrected chi connectivity index (χ3v) is 14.8. The molecule has 0 aromatic carbocycles. The largest absolute Gasteiger partial charge is 0.504 e. The first-order valence-electron chi connectivity index (χ1n) is 28.5. The highest BCUT2D eigenvalue weighted by atomic mass is 16.3. The molecule has 0 saturated heterocycles. The molecule has 27 nitrogen and oxygen atoms in total. The summed E-state index contributed by atoms with van der Waals surface area (Å²) < 4.78 is 12.3. The Morgan fingerprint density at radius 2 is 1.03 bits per heavy atom. The Hall–Kier alpha value is -10.3. The summed E-state index contributed by atoms with van der Waals surface area (Å²) in [4.78, 5) is 144. The van der Waals surface area contributed by atoms with E-state index < -0.39 is 29.4 Å². The van der Waals surface area contributed by atoms with E-state index in [1.807, 2.05) is 0 Å². The number of nitrogens with one attached hydrogen (secondary N) is 4. The van der Waals surface area contributed by atoms with Crippen molar-refractivity contribution in [1.29, 1.82) is 0 Å². The SMILES string of the molecule is Cn1cc(CC(=O)c2cc(CC(=O)c3cc(CC(=O)c4nc(CC(=O)CCCNC(=O)c5cc(NC(=O)c6c(O)c(NC(=O)c7nc(NC(=O)c8nccn8C)cn7C)cn6C)cn5C)cn4C)cn3C)cn2C)cc1C(=O)CCCC(=O)CCCCN. The molecule has 27 heteroatoms. The van der Waals surface area contributed by atoms with Gasteiger partial charge in [-0.05, 0) is 73.2 Å². The van der Waals surface area contributed by atoms with Crippen LogP contribution in [-0.4, -0.2) is 128 Å². The van der Waals surface area contributed by atoms with Crippen LogP contribution in [0.4, 0.5) is 17.2 Å². The maximum atomic E-state index is 13.6. The number of aryl methyl sites for hydroxylation is 8. The van der Waals surface area contributed by atoms with E-state index in [2.05, 4.69) is 36.2 Å². The molecule has 8 heterocycles. The van der Waals surface area contributed by atoms with Gasteiger partial charge >= 0.3 is 0 Å². The standard InChI is InChI=1S/C61H72N16O11/c1-70-20-19-63-56(70)60(87)69-52-35-77(8)57(68-52)61(88)67-43-34-75(6)53(54(43)84)59(86)66-40-28-47(74(5)32-40)58(85)64-18-12-15-42(79)27-39-33-76(7)55(65-39)51(83)26-38-23-46(73(4)31-38)50(82)25-37-22-45(72(3)30-37)49(81)24-36-21-44(71(2)29-36)48(80)16-11-14-41(78)13-9-10-17-62/h19-23,28-35,84H,9-18,24-27,62H2,1-8H3,(H,64,85)(H,66,86)(H,67,88)(H,69,87). The normalized spacial score (nSPS) is 11.2. The molecule has 0 spiro atoms. The van der Waals surface area contributed by atoms with Crippen LogP contribution in [0.1, 0.15) is 158 Å². The second-order valence-electron chi connectivity index (χ2n) is 22.0. The number of carbonyl (C=O) groups excluding carboxylic acids is 10. The van der Waals surface area contributed by atoms with Crippen molar-refractivity contribution in [1.82, 2.24) is 56.8 Å². The van der Waals surface area contributed by atoms with Gasteiger partial charge in [0.05, 0.1) is 34.9 Å². The number of hydrogen-bond donors (Lipinski definition) is 6. The number of Topliss-reactive ketones (excluding diaryl/α,β-unsaturated/α-hetero) is 6. The summed E-state index contributed by atoms with van der Waals surface area (Å²) in [6.07, 6.45) is 17.5. The summed E-state index contributed by atoms with van der Waals surface area (Å²) in [5, 5.41) is 21.6. The molecular formula is C61H72N16O11. The summed E-state index contributed by atoms with van der Waals surface area (Å²) >= 11 is 0. The van der Waals surface area contributed by atoms with Crippen LogP contribution in [0.25, 0.3) is 0 Å². The maximum Gasteiger partial charge on any atom is 0.292 e. The number of ketones is 6. The fourth-order valence-electron chi connectivity index (χ4n) is 10.4. The van der Waals surface area contributed by atoms with Gasteiger partial charge in [-0.15, -0.1) is 0 Å². The number of amides is 4. The number of unbranched alkanes of at least 4 members (excludes halogenated alkanes) is 1. The fraction of sp³-hybridized carbons (Fsp3) is 0.361. The Balaban J connectivity index is 0.760. The smallest absolute Gasteiger partial charge is 0.292 e. The van der Waals surface area contributed by atoms with Gasteiger partial charge < -0.3 is 68.6 Å². The fourth-order valence-corrected chi connectivity index (χ4v) is 10.4. The number of nitrogens with zero attached hydrogens (tertiary/aromatic N) is 11. The van der Waals surface area contributed by atoms with Crippen LogP contribution in [0.3, 0.4) is 0 Å². The average Bonchev–Trinajstić information content (AvgIpc) is 2.84. The molecule has 0 unspecified atom stereocenters. The van der Waals surface area contributed by atoms with Gasteiger partial charge in [-0.25, -0.2) is 15.0 Å². The number of aromatic nitrogens is 11. The summed E-state index contributed by atoms with van der Waals surface area (Å²) in [5.41, 5.74) is 9.16. The van der Waals surface area contributed by atoms with Gasteiger partial charge in [0.1, 0.15) is 22.9 Å². The van der Waals surface area contributed by atoms with E-state index in [0.717, 1.165) is 12.8 Å². The lowest BCUT2D eigenvalue weighted by Gasteiger charge is -2.06. The van der Waals surface area contributed by atoms with E-state index in [1.54, 1.807) is 117 Å². The van der Waals surface area contributed by atoms with Crippen molar-refractivity contribution in [3.05, 3.63) is 148 Å². The van der Waals surface area contributed by atoms with Crippen molar-refractivity contribution < 1.29 is 53.1 Å². The third kappa shape index (κ3) is 15.4. The van der Waals surface area contributed by atoms with Gasteiger partial charge in [0, 0.05) is 164 Å². The number of aromatic hydroxyl groups is 1. The van der Waals surface area contributed by atoms with Crippen molar-refractivity contribution in [3.63, 3.8) is 0 Å². The van der Waals surface area contributed by atoms with Gasteiger partial charge in [0.15, 0.2) is 46.3 Å². The first-order chi connectivity index (χ1) is 41.9. The zero-order chi connectivity index (χ0) is 63.7. The molecular weight excluding hydrogens is 1130 g/mol. The third-order valence-electron chi connectivity index (χ3n) is 14.8. The number of carbonyl (C=O) groups is 10. The number of anilines is 3. The average molecular weight is 1210 g/mol. The van der Waals surface area contributed by atoms with Crippen LogP contribution >= 0.6 is 0 Å². The van der Waals surface area contributed by atoms with Gasteiger partial charge in [-0.2, -0.15) is 0 Å². The van der Waals surface area contributed by atoms with E-state index >= 15 is 0 Å². The molecule has 0 aliphatic heterocycles. The summed E-state index contributed by atoms with van der Waals surface area (Å²) in [6, 6.07) is 6.49.